The number of nitrogens with zero attached hydrogens (tertiary/aromatic N) is 2. The van der Waals surface area contributed by atoms with E-state index in [0.717, 1.165) is 52.8 Å². The van der Waals surface area contributed by atoms with Gasteiger partial charge in [0.1, 0.15) is 0 Å². The standard InChI is InChI=1S/C24H31N3O3S/c1-16(2)25-24(30)23-19(18-9-3-4-10-20(18)31-23)14-17-8-5-6-13-27(17)22(29)15-26-12-7-11-21(26)28/h3-4,9-10,16-17H,5-8,11-15H2,1-2H3,(H,25,30). The molecule has 31 heavy (non-hydrogen) atoms. The lowest BCUT2D eigenvalue weighted by Crippen LogP contribution is -2.49. The van der Waals surface area contributed by atoms with Crippen molar-refractivity contribution in [3.8, 4) is 0 Å². The van der Waals surface area contributed by atoms with Gasteiger partial charge in [0, 0.05) is 36.3 Å². The predicted octanol–water partition coefficient (Wildman–Crippen LogP) is 3.59. The number of hydrogen-bond donors (Lipinski definition) is 1. The van der Waals surface area contributed by atoms with Crippen LogP contribution in [0.2, 0.25) is 0 Å². The van der Waals surface area contributed by atoms with Crippen LogP contribution in [0.1, 0.15) is 61.2 Å². The van der Waals surface area contributed by atoms with Crippen molar-refractivity contribution in [2.45, 2.75) is 64.5 Å². The molecule has 6 nitrogen and oxygen atoms in total. The Morgan fingerprint density at radius 2 is 1.97 bits per heavy atom. The molecule has 7 heteroatoms. The monoisotopic (exact) mass is 441 g/mol. The number of hydrogen-bond acceptors (Lipinski definition) is 4. The smallest absolute Gasteiger partial charge is 0.261 e. The van der Waals surface area contributed by atoms with Crippen LogP contribution in [0.25, 0.3) is 10.1 Å². The first-order valence-electron chi connectivity index (χ1n) is 11.3. The minimum atomic E-state index is -0.0393. The third-order valence-corrected chi connectivity index (χ3v) is 7.42. The highest BCUT2D eigenvalue weighted by molar-refractivity contribution is 7.21. The largest absolute Gasteiger partial charge is 0.349 e. The van der Waals surface area contributed by atoms with E-state index in [0.29, 0.717) is 19.4 Å². The van der Waals surface area contributed by atoms with Gasteiger partial charge in [0.05, 0.1) is 11.4 Å². The Balaban J connectivity index is 1.59. The maximum Gasteiger partial charge on any atom is 0.261 e. The van der Waals surface area contributed by atoms with E-state index in [-0.39, 0.29) is 36.3 Å². The van der Waals surface area contributed by atoms with Crippen molar-refractivity contribution >= 4 is 39.1 Å². The predicted molar refractivity (Wildman–Crippen MR) is 123 cm³/mol. The molecule has 166 valence electrons. The molecular weight excluding hydrogens is 410 g/mol. The Bertz CT molecular complexity index is 984. The lowest BCUT2D eigenvalue weighted by atomic mass is 9.93. The molecule has 3 amide bonds. The topological polar surface area (TPSA) is 69.7 Å². The van der Waals surface area contributed by atoms with Crippen LogP contribution < -0.4 is 5.32 Å². The second-order valence-electron chi connectivity index (χ2n) is 8.89. The molecule has 1 atom stereocenters. The van der Waals surface area contributed by atoms with Crippen LogP contribution in [0.15, 0.2) is 24.3 Å². The van der Waals surface area contributed by atoms with Crippen molar-refractivity contribution in [3.05, 3.63) is 34.7 Å². The molecule has 2 saturated heterocycles. The Hall–Kier alpha value is -2.41. The molecule has 2 aliphatic rings. The van der Waals surface area contributed by atoms with E-state index < -0.39 is 0 Å². The molecule has 2 aliphatic heterocycles. The van der Waals surface area contributed by atoms with Crippen molar-refractivity contribution in [3.63, 3.8) is 0 Å². The normalized spacial score (nSPS) is 19.5. The van der Waals surface area contributed by atoms with E-state index >= 15 is 0 Å². The van der Waals surface area contributed by atoms with Crippen molar-refractivity contribution in [2.24, 2.45) is 0 Å². The summed E-state index contributed by atoms with van der Waals surface area (Å²) in [6.45, 7) is 5.51. The Labute approximate surface area is 187 Å². The molecule has 0 radical (unpaired) electrons. The van der Waals surface area contributed by atoms with Crippen LogP contribution in [0.4, 0.5) is 0 Å². The third kappa shape index (κ3) is 4.76. The molecule has 2 fully saturated rings. The van der Waals surface area contributed by atoms with Crippen molar-refractivity contribution in [2.75, 3.05) is 19.6 Å². The second kappa shape index (κ2) is 9.39. The van der Waals surface area contributed by atoms with E-state index in [1.165, 1.54) is 11.3 Å². The molecule has 2 aromatic rings. The highest BCUT2D eigenvalue weighted by Gasteiger charge is 2.32. The number of carbonyl (C=O) groups is 3. The number of likely N-dealkylation sites (tertiary alicyclic amines) is 2. The summed E-state index contributed by atoms with van der Waals surface area (Å²) >= 11 is 1.53. The summed E-state index contributed by atoms with van der Waals surface area (Å²) in [6.07, 6.45) is 5.05. The van der Waals surface area contributed by atoms with Gasteiger partial charge in [-0.25, -0.2) is 0 Å². The fraction of sp³-hybridized carbons (Fsp3) is 0.542. The zero-order valence-corrected chi connectivity index (χ0v) is 19.2. The van der Waals surface area contributed by atoms with Crippen LogP contribution in [-0.2, 0) is 16.0 Å². The lowest BCUT2D eigenvalue weighted by molar-refractivity contribution is -0.140. The van der Waals surface area contributed by atoms with Crippen LogP contribution in [0.5, 0.6) is 0 Å². The van der Waals surface area contributed by atoms with Gasteiger partial charge >= 0.3 is 0 Å². The molecule has 3 heterocycles. The van der Waals surface area contributed by atoms with Crippen LogP contribution in [-0.4, -0.2) is 59.2 Å². The summed E-state index contributed by atoms with van der Waals surface area (Å²) < 4.78 is 1.10. The highest BCUT2D eigenvalue weighted by atomic mass is 32.1. The molecule has 1 aromatic carbocycles. The molecular formula is C24H31N3O3S. The fourth-order valence-electron chi connectivity index (χ4n) is 4.71. The molecule has 4 rings (SSSR count). The molecule has 1 aromatic heterocycles. The van der Waals surface area contributed by atoms with Crippen LogP contribution >= 0.6 is 11.3 Å². The van der Waals surface area contributed by atoms with Gasteiger partial charge in [0.15, 0.2) is 0 Å². The first-order valence-corrected chi connectivity index (χ1v) is 12.1. The molecule has 0 saturated carbocycles. The quantitative estimate of drug-likeness (QED) is 0.745. The van der Waals surface area contributed by atoms with Gasteiger partial charge in [-0.2, -0.15) is 0 Å². The number of amides is 3. The van der Waals surface area contributed by atoms with E-state index in [4.69, 9.17) is 0 Å². The first-order chi connectivity index (χ1) is 14.9. The Morgan fingerprint density at radius 1 is 1.16 bits per heavy atom. The molecule has 0 bridgehead atoms. The van der Waals surface area contributed by atoms with Gasteiger partial charge < -0.3 is 15.1 Å². The summed E-state index contributed by atoms with van der Waals surface area (Å²) in [4.78, 5) is 42.5. The Kier molecular flexibility index (Phi) is 6.60. The van der Waals surface area contributed by atoms with Crippen LogP contribution in [0, 0.1) is 0 Å². The third-order valence-electron chi connectivity index (χ3n) is 6.21. The second-order valence-corrected chi connectivity index (χ2v) is 9.95. The summed E-state index contributed by atoms with van der Waals surface area (Å²) in [7, 11) is 0. The summed E-state index contributed by atoms with van der Waals surface area (Å²) in [5, 5.41) is 4.14. The van der Waals surface area contributed by atoms with Gasteiger partial charge in [0.25, 0.3) is 5.91 Å². The molecule has 1 unspecified atom stereocenters. The summed E-state index contributed by atoms with van der Waals surface area (Å²) in [5.41, 5.74) is 1.04. The number of benzene rings is 1. The van der Waals surface area contributed by atoms with Crippen LogP contribution in [0.3, 0.4) is 0 Å². The SMILES string of the molecule is CC(C)NC(=O)c1sc2ccccc2c1CC1CCCCN1C(=O)CN1CCCC1=O. The van der Waals surface area contributed by atoms with Gasteiger partial charge in [-0.1, -0.05) is 18.2 Å². The van der Waals surface area contributed by atoms with Gasteiger partial charge in [0.2, 0.25) is 11.8 Å². The molecule has 0 aliphatic carbocycles. The zero-order chi connectivity index (χ0) is 22.0. The number of rotatable bonds is 6. The van der Waals surface area contributed by atoms with Gasteiger partial charge in [-0.05, 0) is 63.0 Å². The zero-order valence-electron chi connectivity index (χ0n) is 18.4. The fourth-order valence-corrected chi connectivity index (χ4v) is 5.85. The maximum atomic E-state index is 13.1. The van der Waals surface area contributed by atoms with Crippen molar-refractivity contribution < 1.29 is 14.4 Å². The average molecular weight is 442 g/mol. The van der Waals surface area contributed by atoms with E-state index in [2.05, 4.69) is 17.4 Å². The van der Waals surface area contributed by atoms with E-state index in [9.17, 15) is 14.4 Å². The maximum absolute atomic E-state index is 13.1. The average Bonchev–Trinajstić information content (AvgIpc) is 3.31. The molecule has 0 spiro atoms. The number of piperidine rings is 1. The van der Waals surface area contributed by atoms with E-state index in [1.54, 1.807) is 4.90 Å². The van der Waals surface area contributed by atoms with Gasteiger partial charge in [-0.3, -0.25) is 14.4 Å². The minimum absolute atomic E-state index is 0.0349. The number of fused-ring (bicyclic) bond motifs is 1. The summed E-state index contributed by atoms with van der Waals surface area (Å²) in [6, 6.07) is 8.25. The van der Waals surface area contributed by atoms with Gasteiger partial charge in [-0.15, -0.1) is 11.3 Å². The van der Waals surface area contributed by atoms with Crippen molar-refractivity contribution in [1.29, 1.82) is 0 Å². The number of thiophene rings is 1. The van der Waals surface area contributed by atoms with E-state index in [1.807, 2.05) is 30.9 Å². The number of nitrogens with one attached hydrogen (secondary N) is 1. The Morgan fingerprint density at radius 3 is 2.71 bits per heavy atom. The minimum Gasteiger partial charge on any atom is -0.349 e. The molecule has 1 N–H and O–H groups in total. The summed E-state index contributed by atoms with van der Waals surface area (Å²) in [5.74, 6) is 0.0774. The first kappa shape index (κ1) is 21.8. The van der Waals surface area contributed by atoms with Crippen molar-refractivity contribution in [1.82, 2.24) is 15.1 Å². The highest BCUT2D eigenvalue weighted by Crippen LogP contribution is 2.34. The number of carbonyl (C=O) groups excluding carboxylic acids is 3. The lowest BCUT2D eigenvalue weighted by Gasteiger charge is -2.37.